The van der Waals surface area contributed by atoms with Crippen molar-refractivity contribution < 1.29 is 4.79 Å². The molecule has 0 aliphatic carbocycles. The lowest BCUT2D eigenvalue weighted by molar-refractivity contribution is 0.0957. The van der Waals surface area contributed by atoms with E-state index in [2.05, 4.69) is 27.5 Å². The average molecular weight is 336 g/mol. The smallest absolute Gasteiger partial charge is 0.261 e. The molecule has 0 saturated carbocycles. The van der Waals surface area contributed by atoms with Gasteiger partial charge in [-0.05, 0) is 52.9 Å². The SMILES string of the molecule is CSCCCCCCNC(=O)c1ccc(Br)s1. The molecule has 0 fully saturated rings. The topological polar surface area (TPSA) is 29.1 Å². The maximum atomic E-state index is 11.7. The molecule has 1 aromatic rings. The minimum atomic E-state index is 0.0461. The molecule has 1 heterocycles. The molecule has 0 atom stereocenters. The summed E-state index contributed by atoms with van der Waals surface area (Å²) < 4.78 is 1.000. The van der Waals surface area contributed by atoms with Gasteiger partial charge in [-0.2, -0.15) is 11.8 Å². The Hall–Kier alpha value is -0.0000000000000000833. The van der Waals surface area contributed by atoms with Crippen LogP contribution < -0.4 is 5.32 Å². The molecule has 96 valence electrons. The standard InChI is InChI=1S/C12H18BrNOS2/c1-16-9-5-3-2-4-8-14-12(15)10-6-7-11(13)17-10/h6-7H,2-5,8-9H2,1H3,(H,14,15). The van der Waals surface area contributed by atoms with Gasteiger partial charge in [0.2, 0.25) is 0 Å². The first-order valence-electron chi connectivity index (χ1n) is 5.76. The molecule has 0 spiro atoms. The van der Waals surface area contributed by atoms with E-state index in [1.807, 2.05) is 23.9 Å². The Kier molecular flexibility index (Phi) is 7.97. The second-order valence-electron chi connectivity index (χ2n) is 3.77. The van der Waals surface area contributed by atoms with E-state index in [1.165, 1.54) is 36.4 Å². The number of thiophene rings is 1. The van der Waals surface area contributed by atoms with Crippen LogP contribution in [0.3, 0.4) is 0 Å². The largest absolute Gasteiger partial charge is 0.351 e. The molecule has 1 amide bonds. The Morgan fingerprint density at radius 2 is 2.12 bits per heavy atom. The summed E-state index contributed by atoms with van der Waals surface area (Å²) in [4.78, 5) is 12.4. The maximum absolute atomic E-state index is 11.7. The third-order valence-corrected chi connectivity index (χ3v) is 4.68. The second kappa shape index (κ2) is 9.00. The number of amides is 1. The first kappa shape index (κ1) is 15.1. The van der Waals surface area contributed by atoms with Crippen LogP contribution in [0.15, 0.2) is 15.9 Å². The molecule has 5 heteroatoms. The van der Waals surface area contributed by atoms with Crippen LogP contribution in [0.1, 0.15) is 35.4 Å². The molecule has 0 bridgehead atoms. The summed E-state index contributed by atoms with van der Waals surface area (Å²) in [6, 6.07) is 3.75. The zero-order valence-electron chi connectivity index (χ0n) is 10.0. The normalized spacial score (nSPS) is 10.5. The predicted octanol–water partition coefficient (Wildman–Crippen LogP) is 4.16. The number of rotatable bonds is 8. The quantitative estimate of drug-likeness (QED) is 0.722. The molecular formula is C12H18BrNOS2. The highest BCUT2D eigenvalue weighted by Gasteiger charge is 2.06. The van der Waals surface area contributed by atoms with Gasteiger partial charge in [0, 0.05) is 6.54 Å². The van der Waals surface area contributed by atoms with Crippen LogP contribution in [-0.2, 0) is 0 Å². The summed E-state index contributed by atoms with van der Waals surface area (Å²) in [5.41, 5.74) is 0. The Morgan fingerprint density at radius 1 is 1.35 bits per heavy atom. The summed E-state index contributed by atoms with van der Waals surface area (Å²) in [6.07, 6.45) is 6.97. The summed E-state index contributed by atoms with van der Waals surface area (Å²) in [7, 11) is 0. The number of carbonyl (C=O) groups excluding carboxylic acids is 1. The minimum Gasteiger partial charge on any atom is -0.351 e. The number of carbonyl (C=O) groups is 1. The van der Waals surface area contributed by atoms with Crippen LogP contribution in [0.5, 0.6) is 0 Å². The van der Waals surface area contributed by atoms with E-state index >= 15 is 0 Å². The monoisotopic (exact) mass is 335 g/mol. The van der Waals surface area contributed by atoms with Crippen molar-refractivity contribution in [1.82, 2.24) is 5.32 Å². The van der Waals surface area contributed by atoms with Gasteiger partial charge >= 0.3 is 0 Å². The Balaban J connectivity index is 2.05. The highest BCUT2D eigenvalue weighted by molar-refractivity contribution is 9.11. The summed E-state index contributed by atoms with van der Waals surface area (Å²) in [5, 5.41) is 2.95. The van der Waals surface area contributed by atoms with Gasteiger partial charge in [-0.1, -0.05) is 12.8 Å². The van der Waals surface area contributed by atoms with Gasteiger partial charge in [0.1, 0.15) is 0 Å². The lowest BCUT2D eigenvalue weighted by atomic mass is 10.2. The van der Waals surface area contributed by atoms with Gasteiger partial charge in [-0.15, -0.1) is 11.3 Å². The van der Waals surface area contributed by atoms with Crippen molar-refractivity contribution in [3.63, 3.8) is 0 Å². The zero-order chi connectivity index (χ0) is 12.5. The van der Waals surface area contributed by atoms with Crippen molar-refractivity contribution in [2.75, 3.05) is 18.6 Å². The minimum absolute atomic E-state index is 0.0461. The molecule has 0 unspecified atom stereocenters. The van der Waals surface area contributed by atoms with Gasteiger partial charge in [-0.25, -0.2) is 0 Å². The number of halogens is 1. The van der Waals surface area contributed by atoms with Crippen molar-refractivity contribution in [3.05, 3.63) is 20.8 Å². The lowest BCUT2D eigenvalue weighted by Gasteiger charge is -2.03. The Morgan fingerprint density at radius 3 is 2.76 bits per heavy atom. The van der Waals surface area contributed by atoms with E-state index in [1.54, 1.807) is 0 Å². The van der Waals surface area contributed by atoms with Crippen molar-refractivity contribution >= 4 is 44.9 Å². The summed E-state index contributed by atoms with van der Waals surface area (Å²) >= 11 is 6.72. The van der Waals surface area contributed by atoms with Crippen LogP contribution in [0.2, 0.25) is 0 Å². The average Bonchev–Trinajstić information content (AvgIpc) is 2.74. The molecule has 0 aliphatic rings. The van der Waals surface area contributed by atoms with Crippen molar-refractivity contribution in [3.8, 4) is 0 Å². The molecule has 1 N–H and O–H groups in total. The van der Waals surface area contributed by atoms with E-state index in [0.717, 1.165) is 21.6 Å². The van der Waals surface area contributed by atoms with Gasteiger partial charge in [-0.3, -0.25) is 4.79 Å². The lowest BCUT2D eigenvalue weighted by Crippen LogP contribution is -2.23. The fourth-order valence-corrected chi connectivity index (χ4v) is 3.25. The number of hydrogen-bond acceptors (Lipinski definition) is 3. The zero-order valence-corrected chi connectivity index (χ0v) is 13.2. The van der Waals surface area contributed by atoms with E-state index in [4.69, 9.17) is 0 Å². The van der Waals surface area contributed by atoms with Crippen LogP contribution in [0.4, 0.5) is 0 Å². The molecule has 0 aliphatic heterocycles. The molecule has 0 aromatic carbocycles. The molecule has 2 nitrogen and oxygen atoms in total. The van der Waals surface area contributed by atoms with Gasteiger partial charge < -0.3 is 5.32 Å². The number of hydrogen-bond donors (Lipinski definition) is 1. The van der Waals surface area contributed by atoms with E-state index in [0.29, 0.717) is 0 Å². The molecule has 1 rings (SSSR count). The number of thioether (sulfide) groups is 1. The number of nitrogens with one attached hydrogen (secondary N) is 1. The third kappa shape index (κ3) is 6.48. The third-order valence-electron chi connectivity index (χ3n) is 2.36. The van der Waals surface area contributed by atoms with Gasteiger partial charge in [0.15, 0.2) is 0 Å². The Labute approximate surface area is 120 Å². The van der Waals surface area contributed by atoms with Gasteiger partial charge in [0.05, 0.1) is 8.66 Å². The van der Waals surface area contributed by atoms with Crippen molar-refractivity contribution in [2.45, 2.75) is 25.7 Å². The highest BCUT2D eigenvalue weighted by Crippen LogP contribution is 2.21. The van der Waals surface area contributed by atoms with Gasteiger partial charge in [0.25, 0.3) is 5.91 Å². The molecule has 17 heavy (non-hydrogen) atoms. The molecule has 1 aromatic heterocycles. The number of unbranched alkanes of at least 4 members (excludes halogenated alkanes) is 3. The second-order valence-corrected chi connectivity index (χ2v) is 7.22. The van der Waals surface area contributed by atoms with Crippen LogP contribution in [0.25, 0.3) is 0 Å². The fourth-order valence-electron chi connectivity index (χ4n) is 1.45. The van der Waals surface area contributed by atoms with Crippen molar-refractivity contribution in [2.24, 2.45) is 0 Å². The first-order valence-corrected chi connectivity index (χ1v) is 8.77. The molecule has 0 radical (unpaired) electrons. The predicted molar refractivity (Wildman–Crippen MR) is 81.2 cm³/mol. The molecular weight excluding hydrogens is 318 g/mol. The molecule has 0 saturated heterocycles. The van der Waals surface area contributed by atoms with Crippen molar-refractivity contribution in [1.29, 1.82) is 0 Å². The maximum Gasteiger partial charge on any atom is 0.261 e. The van der Waals surface area contributed by atoms with Crippen LogP contribution in [-0.4, -0.2) is 24.5 Å². The summed E-state index contributed by atoms with van der Waals surface area (Å²) in [5.74, 6) is 1.29. The Bertz CT molecular complexity index is 341. The van der Waals surface area contributed by atoms with E-state index in [-0.39, 0.29) is 5.91 Å². The van der Waals surface area contributed by atoms with Crippen LogP contribution >= 0.6 is 39.0 Å². The summed E-state index contributed by atoms with van der Waals surface area (Å²) in [6.45, 7) is 0.785. The van der Waals surface area contributed by atoms with E-state index < -0.39 is 0 Å². The first-order chi connectivity index (χ1) is 8.24. The van der Waals surface area contributed by atoms with Crippen LogP contribution in [0, 0.1) is 0 Å². The fraction of sp³-hybridized carbons (Fsp3) is 0.583. The van der Waals surface area contributed by atoms with E-state index in [9.17, 15) is 4.79 Å². The highest BCUT2D eigenvalue weighted by atomic mass is 79.9.